The van der Waals surface area contributed by atoms with Crippen LogP contribution in [-0.2, 0) is 6.54 Å². The Morgan fingerprint density at radius 3 is 2.74 bits per heavy atom. The maximum Gasteiger partial charge on any atom is 0.191 e. The molecule has 0 radical (unpaired) electrons. The van der Waals surface area contributed by atoms with Crippen LogP contribution in [0.5, 0.6) is 0 Å². The van der Waals surface area contributed by atoms with Gasteiger partial charge in [0, 0.05) is 29.8 Å². The van der Waals surface area contributed by atoms with E-state index < -0.39 is 0 Å². The summed E-state index contributed by atoms with van der Waals surface area (Å²) in [5, 5.41) is 9.71. The van der Waals surface area contributed by atoms with E-state index in [2.05, 4.69) is 51.3 Å². The van der Waals surface area contributed by atoms with E-state index in [1.54, 1.807) is 11.3 Å². The molecule has 2 aromatic rings. The number of nitrogens with one attached hydrogen (secondary N) is 2. The van der Waals surface area contributed by atoms with Crippen molar-refractivity contribution in [2.75, 3.05) is 25.1 Å². The summed E-state index contributed by atoms with van der Waals surface area (Å²) in [6.45, 7) is 4.44. The highest BCUT2D eigenvalue weighted by molar-refractivity contribution is 14.0. The SMILES string of the molecule is CCNC(=NCc1csc(-c2ccccc2)n1)NCCSC.I. The first-order valence-corrected chi connectivity index (χ1v) is 9.61. The van der Waals surface area contributed by atoms with Crippen LogP contribution in [0.4, 0.5) is 0 Å². The fraction of sp³-hybridized carbons (Fsp3) is 0.375. The van der Waals surface area contributed by atoms with Crippen molar-refractivity contribution in [3.8, 4) is 10.6 Å². The van der Waals surface area contributed by atoms with Gasteiger partial charge in [0.05, 0.1) is 12.2 Å². The van der Waals surface area contributed by atoms with Crippen LogP contribution >= 0.6 is 47.1 Å². The summed E-state index contributed by atoms with van der Waals surface area (Å²) in [6, 6.07) is 10.3. The van der Waals surface area contributed by atoms with E-state index in [0.29, 0.717) is 6.54 Å². The number of rotatable bonds is 7. The maximum atomic E-state index is 4.66. The Kier molecular flexibility index (Phi) is 10.3. The van der Waals surface area contributed by atoms with Crippen molar-refractivity contribution < 1.29 is 0 Å². The molecule has 0 atom stereocenters. The van der Waals surface area contributed by atoms with Crippen LogP contribution in [0.25, 0.3) is 10.6 Å². The minimum atomic E-state index is 0. The molecule has 1 aromatic carbocycles. The second kappa shape index (κ2) is 11.7. The minimum Gasteiger partial charge on any atom is -0.357 e. The number of hydrogen-bond donors (Lipinski definition) is 2. The Morgan fingerprint density at radius 2 is 2.04 bits per heavy atom. The number of benzene rings is 1. The van der Waals surface area contributed by atoms with E-state index in [1.165, 1.54) is 0 Å². The summed E-state index contributed by atoms with van der Waals surface area (Å²) in [4.78, 5) is 9.25. The predicted molar refractivity (Wildman–Crippen MR) is 114 cm³/mol. The lowest BCUT2D eigenvalue weighted by Gasteiger charge is -2.09. The van der Waals surface area contributed by atoms with Crippen LogP contribution < -0.4 is 10.6 Å². The molecular formula is C16H23IN4S2. The van der Waals surface area contributed by atoms with Crippen LogP contribution in [0.1, 0.15) is 12.6 Å². The number of aliphatic imine (C=N–C) groups is 1. The molecule has 0 saturated heterocycles. The van der Waals surface area contributed by atoms with Crippen molar-refractivity contribution in [1.29, 1.82) is 0 Å². The van der Waals surface area contributed by atoms with Crippen molar-refractivity contribution in [3.63, 3.8) is 0 Å². The molecule has 2 rings (SSSR count). The molecule has 0 unspecified atom stereocenters. The topological polar surface area (TPSA) is 49.3 Å². The standard InChI is InChI=1S/C16H22N4S2.HI/c1-3-17-16(18-9-10-21-2)19-11-14-12-22-15(20-14)13-7-5-4-6-8-13;/h4-8,12H,3,9-11H2,1-2H3,(H2,17,18,19);1H. The first kappa shape index (κ1) is 20.2. The smallest absolute Gasteiger partial charge is 0.191 e. The third-order valence-electron chi connectivity index (χ3n) is 2.91. The molecule has 1 aromatic heterocycles. The molecule has 2 N–H and O–H groups in total. The summed E-state index contributed by atoms with van der Waals surface area (Å²) >= 11 is 3.49. The van der Waals surface area contributed by atoms with Gasteiger partial charge in [0.25, 0.3) is 0 Å². The summed E-state index contributed by atoms with van der Waals surface area (Å²) < 4.78 is 0. The number of thiazole rings is 1. The zero-order chi connectivity index (χ0) is 15.6. The fourth-order valence-corrected chi connectivity index (χ4v) is 2.99. The van der Waals surface area contributed by atoms with Crippen molar-refractivity contribution in [2.24, 2.45) is 4.99 Å². The van der Waals surface area contributed by atoms with E-state index in [9.17, 15) is 0 Å². The number of thioether (sulfide) groups is 1. The average Bonchev–Trinajstić information content (AvgIpc) is 3.03. The molecule has 0 spiro atoms. The van der Waals surface area contributed by atoms with Gasteiger partial charge in [-0.05, 0) is 13.2 Å². The Hall–Kier alpha value is -0.800. The van der Waals surface area contributed by atoms with Gasteiger partial charge in [-0.15, -0.1) is 35.3 Å². The van der Waals surface area contributed by atoms with Gasteiger partial charge in [-0.25, -0.2) is 9.98 Å². The lowest BCUT2D eigenvalue weighted by atomic mass is 10.2. The van der Waals surface area contributed by atoms with Gasteiger partial charge in [-0.1, -0.05) is 30.3 Å². The van der Waals surface area contributed by atoms with Gasteiger partial charge in [0.15, 0.2) is 5.96 Å². The second-order valence-electron chi connectivity index (χ2n) is 4.62. The van der Waals surface area contributed by atoms with Crippen LogP contribution in [0.3, 0.4) is 0 Å². The molecule has 0 aliphatic rings. The number of aromatic nitrogens is 1. The van der Waals surface area contributed by atoms with Crippen molar-refractivity contribution in [1.82, 2.24) is 15.6 Å². The van der Waals surface area contributed by atoms with Crippen molar-refractivity contribution >= 4 is 53.0 Å². The highest BCUT2D eigenvalue weighted by atomic mass is 127. The Morgan fingerprint density at radius 1 is 1.26 bits per heavy atom. The van der Waals surface area contributed by atoms with Crippen LogP contribution in [0, 0.1) is 0 Å². The zero-order valence-corrected chi connectivity index (χ0v) is 17.4. The van der Waals surface area contributed by atoms with Gasteiger partial charge < -0.3 is 10.6 Å². The Bertz CT molecular complexity index is 587. The zero-order valence-electron chi connectivity index (χ0n) is 13.4. The van der Waals surface area contributed by atoms with Gasteiger partial charge >= 0.3 is 0 Å². The van der Waals surface area contributed by atoms with Crippen molar-refractivity contribution in [3.05, 3.63) is 41.4 Å². The van der Waals surface area contributed by atoms with Crippen LogP contribution in [-0.4, -0.2) is 36.0 Å². The molecule has 126 valence electrons. The molecule has 0 aliphatic heterocycles. The quantitative estimate of drug-likeness (QED) is 0.284. The first-order valence-electron chi connectivity index (χ1n) is 7.34. The van der Waals surface area contributed by atoms with Crippen LogP contribution in [0.15, 0.2) is 40.7 Å². The number of nitrogens with zero attached hydrogens (tertiary/aromatic N) is 2. The summed E-state index contributed by atoms with van der Waals surface area (Å²) in [5.74, 6) is 1.92. The van der Waals surface area contributed by atoms with Crippen LogP contribution in [0.2, 0.25) is 0 Å². The van der Waals surface area contributed by atoms with Gasteiger partial charge in [0.2, 0.25) is 0 Å². The molecule has 1 heterocycles. The first-order chi connectivity index (χ1) is 10.8. The average molecular weight is 462 g/mol. The molecular weight excluding hydrogens is 439 g/mol. The largest absolute Gasteiger partial charge is 0.357 e. The second-order valence-corrected chi connectivity index (χ2v) is 6.47. The molecule has 0 amide bonds. The van der Waals surface area contributed by atoms with E-state index >= 15 is 0 Å². The third-order valence-corrected chi connectivity index (χ3v) is 4.47. The summed E-state index contributed by atoms with van der Waals surface area (Å²) in [6.07, 6.45) is 2.10. The Labute approximate surface area is 163 Å². The molecule has 0 saturated carbocycles. The summed E-state index contributed by atoms with van der Waals surface area (Å²) in [5.41, 5.74) is 2.17. The van der Waals surface area contributed by atoms with Gasteiger partial charge in [0.1, 0.15) is 5.01 Å². The maximum absolute atomic E-state index is 4.66. The fourth-order valence-electron chi connectivity index (χ4n) is 1.87. The lowest BCUT2D eigenvalue weighted by molar-refractivity contribution is 0.839. The lowest BCUT2D eigenvalue weighted by Crippen LogP contribution is -2.38. The highest BCUT2D eigenvalue weighted by Gasteiger charge is 2.04. The van der Waals surface area contributed by atoms with E-state index in [0.717, 1.165) is 41.1 Å². The number of hydrogen-bond acceptors (Lipinski definition) is 4. The molecule has 0 fully saturated rings. The van der Waals surface area contributed by atoms with E-state index in [-0.39, 0.29) is 24.0 Å². The molecule has 4 nitrogen and oxygen atoms in total. The minimum absolute atomic E-state index is 0. The predicted octanol–water partition coefficient (Wildman–Crippen LogP) is 3.85. The van der Waals surface area contributed by atoms with Gasteiger partial charge in [-0.2, -0.15) is 11.8 Å². The normalized spacial score (nSPS) is 11.0. The van der Waals surface area contributed by atoms with E-state index in [1.807, 2.05) is 30.0 Å². The highest BCUT2D eigenvalue weighted by Crippen LogP contribution is 2.23. The number of guanidine groups is 1. The Balaban J connectivity index is 0.00000264. The van der Waals surface area contributed by atoms with Gasteiger partial charge in [-0.3, -0.25) is 0 Å². The third kappa shape index (κ3) is 7.09. The monoisotopic (exact) mass is 462 g/mol. The van der Waals surface area contributed by atoms with E-state index in [4.69, 9.17) is 0 Å². The molecule has 7 heteroatoms. The van der Waals surface area contributed by atoms with Crippen molar-refractivity contribution in [2.45, 2.75) is 13.5 Å². The number of halogens is 1. The molecule has 0 bridgehead atoms. The molecule has 23 heavy (non-hydrogen) atoms. The molecule has 0 aliphatic carbocycles. The summed E-state index contributed by atoms with van der Waals surface area (Å²) in [7, 11) is 0.